The molecular weight excluding hydrogens is 318 g/mol. The number of hydrogen-bond acceptors (Lipinski definition) is 4. The van der Waals surface area contributed by atoms with Gasteiger partial charge in [0.05, 0.1) is 25.0 Å². The van der Waals surface area contributed by atoms with Crippen molar-refractivity contribution in [2.75, 3.05) is 19.0 Å². The Morgan fingerprint density at radius 1 is 1.35 bits per heavy atom. The van der Waals surface area contributed by atoms with E-state index < -0.39 is 5.60 Å². The molecule has 0 aliphatic heterocycles. The highest BCUT2D eigenvalue weighted by Crippen LogP contribution is 2.22. The molecule has 1 amide bonds. The van der Waals surface area contributed by atoms with Gasteiger partial charge < -0.3 is 14.8 Å². The van der Waals surface area contributed by atoms with E-state index >= 15 is 0 Å². The first kappa shape index (κ1) is 17.3. The third-order valence-corrected chi connectivity index (χ3v) is 3.40. The number of anilines is 1. The molecule has 0 saturated carbocycles. The lowest BCUT2D eigenvalue weighted by atomic mass is 10.1. The summed E-state index contributed by atoms with van der Waals surface area (Å²) in [5, 5.41) is 7.56. The molecule has 2 aromatic rings. The van der Waals surface area contributed by atoms with Gasteiger partial charge in [-0.25, -0.2) is 0 Å². The highest BCUT2D eigenvalue weighted by Gasteiger charge is 2.30. The van der Waals surface area contributed by atoms with Gasteiger partial charge in [0, 0.05) is 18.3 Å². The van der Waals surface area contributed by atoms with E-state index in [-0.39, 0.29) is 5.91 Å². The number of hydrogen-bond donors (Lipinski definition) is 1. The third kappa shape index (κ3) is 4.97. The molecule has 0 spiro atoms. The minimum absolute atomic E-state index is 0.265. The first-order valence-electron chi connectivity index (χ1n) is 7.18. The average molecular weight is 338 g/mol. The van der Waals surface area contributed by atoms with Crippen molar-refractivity contribution in [3.63, 3.8) is 0 Å². The van der Waals surface area contributed by atoms with Crippen LogP contribution in [0.3, 0.4) is 0 Å². The molecule has 0 saturated heterocycles. The minimum atomic E-state index is -1.04. The van der Waals surface area contributed by atoms with Gasteiger partial charge in [-0.15, -0.1) is 0 Å². The summed E-state index contributed by atoms with van der Waals surface area (Å²) in [6.07, 6.45) is 3.33. The van der Waals surface area contributed by atoms with Gasteiger partial charge in [-0.2, -0.15) is 5.10 Å². The van der Waals surface area contributed by atoms with Crippen LogP contribution >= 0.6 is 11.6 Å². The quantitative estimate of drug-likeness (QED) is 0.843. The Kier molecular flexibility index (Phi) is 5.63. The number of nitrogens with one attached hydrogen (secondary N) is 1. The first-order chi connectivity index (χ1) is 10.9. The van der Waals surface area contributed by atoms with Gasteiger partial charge in [0.25, 0.3) is 5.91 Å². The molecule has 0 unspecified atom stereocenters. The lowest BCUT2D eigenvalue weighted by molar-refractivity contribution is -0.128. The molecule has 1 aromatic carbocycles. The number of nitrogens with zero attached hydrogens (tertiary/aromatic N) is 2. The van der Waals surface area contributed by atoms with E-state index in [0.29, 0.717) is 29.6 Å². The van der Waals surface area contributed by atoms with Crippen molar-refractivity contribution in [2.45, 2.75) is 26.0 Å². The van der Waals surface area contributed by atoms with Crippen molar-refractivity contribution in [3.05, 3.63) is 41.7 Å². The maximum absolute atomic E-state index is 12.4. The van der Waals surface area contributed by atoms with E-state index in [1.807, 2.05) is 0 Å². The average Bonchev–Trinajstić information content (AvgIpc) is 2.95. The third-order valence-electron chi connectivity index (χ3n) is 3.15. The zero-order chi connectivity index (χ0) is 16.9. The molecular formula is C16H20ClN3O3. The van der Waals surface area contributed by atoms with E-state index in [4.69, 9.17) is 21.1 Å². The highest BCUT2D eigenvalue weighted by molar-refractivity contribution is 6.30. The van der Waals surface area contributed by atoms with Crippen LogP contribution in [0.5, 0.6) is 5.75 Å². The second-order valence-corrected chi connectivity index (χ2v) is 5.94. The SMILES string of the molecule is COCCn1cc(NC(=O)C(C)(C)Oc2ccc(Cl)cc2)cn1. The van der Waals surface area contributed by atoms with Gasteiger partial charge in [-0.05, 0) is 38.1 Å². The minimum Gasteiger partial charge on any atom is -0.478 e. The normalized spacial score (nSPS) is 11.3. The first-order valence-corrected chi connectivity index (χ1v) is 7.56. The molecule has 23 heavy (non-hydrogen) atoms. The molecule has 1 N–H and O–H groups in total. The Balaban J connectivity index is 1.97. The fraction of sp³-hybridized carbons (Fsp3) is 0.375. The van der Waals surface area contributed by atoms with Crippen LogP contribution in [0.15, 0.2) is 36.7 Å². The van der Waals surface area contributed by atoms with Crippen molar-refractivity contribution >= 4 is 23.2 Å². The Morgan fingerprint density at radius 2 is 2.04 bits per heavy atom. The Bertz CT molecular complexity index is 653. The second-order valence-electron chi connectivity index (χ2n) is 5.51. The second kappa shape index (κ2) is 7.48. The van der Waals surface area contributed by atoms with Crippen LogP contribution in [-0.2, 0) is 16.1 Å². The molecule has 124 valence electrons. The summed E-state index contributed by atoms with van der Waals surface area (Å²) >= 11 is 5.84. The van der Waals surface area contributed by atoms with E-state index in [2.05, 4.69) is 10.4 Å². The lowest BCUT2D eigenvalue weighted by Gasteiger charge is -2.25. The lowest BCUT2D eigenvalue weighted by Crippen LogP contribution is -2.42. The van der Waals surface area contributed by atoms with Crippen molar-refractivity contribution in [1.29, 1.82) is 0 Å². The Morgan fingerprint density at radius 3 is 2.70 bits per heavy atom. The molecule has 0 radical (unpaired) electrons. The number of amides is 1. The van der Waals surface area contributed by atoms with E-state index in [9.17, 15) is 4.79 Å². The standard InChI is InChI=1S/C16H20ClN3O3/c1-16(2,23-14-6-4-12(17)5-7-14)15(21)19-13-10-18-20(11-13)8-9-22-3/h4-7,10-11H,8-9H2,1-3H3,(H,19,21). The van der Waals surface area contributed by atoms with Crippen LogP contribution in [0.25, 0.3) is 0 Å². The number of carbonyl (C=O) groups is 1. The molecule has 0 aliphatic carbocycles. The number of halogens is 1. The topological polar surface area (TPSA) is 65.4 Å². The van der Waals surface area contributed by atoms with Crippen LogP contribution in [0.4, 0.5) is 5.69 Å². The molecule has 0 aliphatic rings. The number of rotatable bonds is 7. The number of aromatic nitrogens is 2. The zero-order valence-electron chi connectivity index (χ0n) is 13.4. The van der Waals surface area contributed by atoms with Crippen LogP contribution in [0.1, 0.15) is 13.8 Å². The van der Waals surface area contributed by atoms with Gasteiger partial charge in [0.2, 0.25) is 0 Å². The molecule has 2 rings (SSSR count). The summed E-state index contributed by atoms with van der Waals surface area (Å²) in [4.78, 5) is 12.4. The number of carbonyl (C=O) groups excluding carboxylic acids is 1. The monoisotopic (exact) mass is 337 g/mol. The largest absolute Gasteiger partial charge is 0.478 e. The van der Waals surface area contributed by atoms with Gasteiger partial charge in [-0.1, -0.05) is 11.6 Å². The van der Waals surface area contributed by atoms with E-state index in [1.54, 1.807) is 62.3 Å². The predicted octanol–water partition coefficient (Wildman–Crippen LogP) is 2.98. The fourth-order valence-electron chi connectivity index (χ4n) is 1.86. The molecule has 1 aromatic heterocycles. The van der Waals surface area contributed by atoms with Crippen molar-refractivity contribution in [3.8, 4) is 5.75 Å². The molecule has 1 heterocycles. The van der Waals surface area contributed by atoms with Gasteiger partial charge in [-0.3, -0.25) is 9.48 Å². The molecule has 0 fully saturated rings. The summed E-state index contributed by atoms with van der Waals surface area (Å²) < 4.78 is 12.4. The van der Waals surface area contributed by atoms with E-state index in [0.717, 1.165) is 0 Å². The molecule has 7 heteroatoms. The van der Waals surface area contributed by atoms with Gasteiger partial charge in [0.1, 0.15) is 5.75 Å². The fourth-order valence-corrected chi connectivity index (χ4v) is 1.99. The molecule has 6 nitrogen and oxygen atoms in total. The number of ether oxygens (including phenoxy) is 2. The van der Waals surface area contributed by atoms with Crippen LogP contribution in [0.2, 0.25) is 5.02 Å². The summed E-state index contributed by atoms with van der Waals surface area (Å²) in [6.45, 7) is 4.58. The molecule has 0 bridgehead atoms. The molecule has 0 atom stereocenters. The van der Waals surface area contributed by atoms with Crippen molar-refractivity contribution < 1.29 is 14.3 Å². The predicted molar refractivity (Wildman–Crippen MR) is 88.9 cm³/mol. The van der Waals surface area contributed by atoms with Crippen molar-refractivity contribution in [1.82, 2.24) is 9.78 Å². The van der Waals surface area contributed by atoms with Gasteiger partial charge >= 0.3 is 0 Å². The van der Waals surface area contributed by atoms with Gasteiger partial charge in [0.15, 0.2) is 5.60 Å². The smallest absolute Gasteiger partial charge is 0.268 e. The summed E-state index contributed by atoms with van der Waals surface area (Å²) in [6, 6.07) is 6.87. The number of methoxy groups -OCH3 is 1. The Labute approximate surface area is 140 Å². The maximum atomic E-state index is 12.4. The Hall–Kier alpha value is -2.05. The summed E-state index contributed by atoms with van der Waals surface area (Å²) in [5.74, 6) is 0.309. The van der Waals surface area contributed by atoms with Crippen LogP contribution < -0.4 is 10.1 Å². The van der Waals surface area contributed by atoms with Crippen LogP contribution in [0, 0.1) is 0 Å². The highest BCUT2D eigenvalue weighted by atomic mass is 35.5. The maximum Gasteiger partial charge on any atom is 0.268 e. The summed E-state index contributed by atoms with van der Waals surface area (Å²) in [5.41, 5.74) is -0.429. The van der Waals surface area contributed by atoms with E-state index in [1.165, 1.54) is 0 Å². The van der Waals surface area contributed by atoms with Crippen LogP contribution in [-0.4, -0.2) is 35.0 Å². The number of benzene rings is 1. The van der Waals surface area contributed by atoms with Crippen molar-refractivity contribution in [2.24, 2.45) is 0 Å². The zero-order valence-corrected chi connectivity index (χ0v) is 14.1. The summed E-state index contributed by atoms with van der Waals surface area (Å²) in [7, 11) is 1.63.